The second kappa shape index (κ2) is 7.08. The van der Waals surface area contributed by atoms with Crippen molar-refractivity contribution in [2.45, 2.75) is 40.2 Å². The van der Waals surface area contributed by atoms with Crippen molar-refractivity contribution < 1.29 is 9.66 Å². The third kappa shape index (κ3) is 3.92. The summed E-state index contributed by atoms with van der Waals surface area (Å²) in [4.78, 5) is 10.7. The molecule has 19 heavy (non-hydrogen) atoms. The maximum Gasteiger partial charge on any atom is 0.333 e. The molecule has 1 rings (SSSR count). The van der Waals surface area contributed by atoms with Crippen molar-refractivity contribution in [2.24, 2.45) is 0 Å². The molecule has 0 fully saturated rings. The van der Waals surface area contributed by atoms with Gasteiger partial charge in [-0.25, -0.2) is 4.68 Å². The van der Waals surface area contributed by atoms with Crippen LogP contribution in [0.1, 0.15) is 38.9 Å². The van der Waals surface area contributed by atoms with E-state index in [0.29, 0.717) is 31.3 Å². The molecule has 0 spiro atoms. The average molecular weight is 270 g/mol. The van der Waals surface area contributed by atoms with Gasteiger partial charge in [0.25, 0.3) is 0 Å². The SMILES string of the molecule is CCOCCCNc1c([N+](=O)[O-])c(C)nn1C(C)C. The number of nitro groups is 1. The van der Waals surface area contributed by atoms with Crippen LogP contribution in [0, 0.1) is 17.0 Å². The Morgan fingerprint density at radius 3 is 2.74 bits per heavy atom. The van der Waals surface area contributed by atoms with Crippen LogP contribution in [-0.2, 0) is 4.74 Å². The third-order valence-electron chi connectivity index (χ3n) is 2.69. The number of nitrogens with zero attached hydrogens (tertiary/aromatic N) is 3. The number of aromatic nitrogens is 2. The van der Waals surface area contributed by atoms with Gasteiger partial charge in [-0.15, -0.1) is 0 Å². The van der Waals surface area contributed by atoms with Crippen molar-refractivity contribution in [3.63, 3.8) is 0 Å². The van der Waals surface area contributed by atoms with Gasteiger partial charge in [-0.05, 0) is 34.1 Å². The van der Waals surface area contributed by atoms with Gasteiger partial charge in [-0.2, -0.15) is 5.10 Å². The zero-order valence-corrected chi connectivity index (χ0v) is 12.0. The molecule has 0 aliphatic carbocycles. The highest BCUT2D eigenvalue weighted by Crippen LogP contribution is 2.30. The van der Waals surface area contributed by atoms with Crippen LogP contribution < -0.4 is 5.32 Å². The molecular weight excluding hydrogens is 248 g/mol. The first kappa shape index (κ1) is 15.4. The van der Waals surface area contributed by atoms with Gasteiger partial charge in [-0.1, -0.05) is 0 Å². The summed E-state index contributed by atoms with van der Waals surface area (Å²) >= 11 is 0. The maximum atomic E-state index is 11.1. The maximum absolute atomic E-state index is 11.1. The lowest BCUT2D eigenvalue weighted by Gasteiger charge is -2.11. The summed E-state index contributed by atoms with van der Waals surface area (Å²) in [6.45, 7) is 9.44. The molecule has 0 aromatic carbocycles. The number of hydrogen-bond donors (Lipinski definition) is 1. The van der Waals surface area contributed by atoms with Crippen LogP contribution in [0.3, 0.4) is 0 Å². The van der Waals surface area contributed by atoms with E-state index in [1.165, 1.54) is 0 Å². The van der Waals surface area contributed by atoms with Crippen LogP contribution in [0.5, 0.6) is 0 Å². The summed E-state index contributed by atoms with van der Waals surface area (Å²) in [5.41, 5.74) is 0.496. The van der Waals surface area contributed by atoms with E-state index in [1.807, 2.05) is 20.8 Å². The van der Waals surface area contributed by atoms with E-state index in [4.69, 9.17) is 4.74 Å². The van der Waals surface area contributed by atoms with Crippen LogP contribution in [0.25, 0.3) is 0 Å². The quantitative estimate of drug-likeness (QED) is 0.446. The summed E-state index contributed by atoms with van der Waals surface area (Å²) in [5.74, 6) is 0.481. The molecule has 1 aromatic heterocycles. The summed E-state index contributed by atoms with van der Waals surface area (Å²) in [6.07, 6.45) is 0.799. The normalized spacial score (nSPS) is 11.0. The van der Waals surface area contributed by atoms with Crippen LogP contribution >= 0.6 is 0 Å². The molecule has 0 aliphatic heterocycles. The van der Waals surface area contributed by atoms with Gasteiger partial charge in [0.15, 0.2) is 0 Å². The summed E-state index contributed by atoms with van der Waals surface area (Å²) in [5, 5.41) is 18.4. The van der Waals surface area contributed by atoms with Crippen molar-refractivity contribution >= 4 is 11.5 Å². The fourth-order valence-electron chi connectivity index (χ4n) is 1.82. The second-order valence-electron chi connectivity index (χ2n) is 4.56. The number of anilines is 1. The third-order valence-corrected chi connectivity index (χ3v) is 2.69. The molecule has 0 saturated carbocycles. The predicted molar refractivity (Wildman–Crippen MR) is 73.6 cm³/mol. The molecule has 0 radical (unpaired) electrons. The van der Waals surface area contributed by atoms with Crippen LogP contribution in [0.2, 0.25) is 0 Å². The standard InChI is InChI=1S/C12H22N4O3/c1-5-19-8-6-7-13-12-11(16(17)18)10(4)14-15(12)9(2)3/h9,13H,5-8H2,1-4H3. The highest BCUT2D eigenvalue weighted by atomic mass is 16.6. The Balaban J connectivity index is 2.81. The lowest BCUT2D eigenvalue weighted by atomic mass is 10.3. The topological polar surface area (TPSA) is 82.2 Å². The van der Waals surface area contributed by atoms with E-state index in [9.17, 15) is 10.1 Å². The Hall–Kier alpha value is -1.63. The Labute approximate surface area is 113 Å². The minimum atomic E-state index is -0.383. The smallest absolute Gasteiger partial charge is 0.333 e. The van der Waals surface area contributed by atoms with Crippen molar-refractivity contribution in [1.82, 2.24) is 9.78 Å². The highest BCUT2D eigenvalue weighted by molar-refractivity contribution is 5.59. The lowest BCUT2D eigenvalue weighted by Crippen LogP contribution is -2.13. The van der Waals surface area contributed by atoms with Gasteiger partial charge in [0.1, 0.15) is 5.69 Å². The molecule has 108 valence electrons. The summed E-state index contributed by atoms with van der Waals surface area (Å²) in [6, 6.07) is 0.0711. The minimum Gasteiger partial charge on any atom is -0.382 e. The fourth-order valence-corrected chi connectivity index (χ4v) is 1.82. The van der Waals surface area contributed by atoms with Gasteiger partial charge in [0.05, 0.1) is 4.92 Å². The first-order valence-corrected chi connectivity index (χ1v) is 6.54. The molecule has 0 saturated heterocycles. The molecule has 1 aromatic rings. The van der Waals surface area contributed by atoms with E-state index < -0.39 is 0 Å². The monoisotopic (exact) mass is 270 g/mol. The van der Waals surface area contributed by atoms with Crippen LogP contribution in [-0.4, -0.2) is 34.5 Å². The van der Waals surface area contributed by atoms with Crippen molar-refractivity contribution in [2.75, 3.05) is 25.1 Å². The van der Waals surface area contributed by atoms with Crippen LogP contribution in [0.4, 0.5) is 11.5 Å². The number of rotatable bonds is 8. The highest BCUT2D eigenvalue weighted by Gasteiger charge is 2.25. The Bertz CT molecular complexity index is 429. The molecule has 0 aliphatic rings. The Morgan fingerprint density at radius 2 is 2.21 bits per heavy atom. The number of nitrogens with one attached hydrogen (secondary N) is 1. The van der Waals surface area contributed by atoms with E-state index in [1.54, 1.807) is 11.6 Å². The molecule has 0 atom stereocenters. The van der Waals surface area contributed by atoms with E-state index in [2.05, 4.69) is 10.4 Å². The molecule has 7 nitrogen and oxygen atoms in total. The minimum absolute atomic E-state index is 0.0603. The molecule has 0 unspecified atom stereocenters. The molecule has 0 amide bonds. The predicted octanol–water partition coefficient (Wildman–Crippen LogP) is 2.52. The zero-order chi connectivity index (χ0) is 14.4. The van der Waals surface area contributed by atoms with Crippen LogP contribution in [0.15, 0.2) is 0 Å². The Morgan fingerprint density at radius 1 is 1.53 bits per heavy atom. The van der Waals surface area contributed by atoms with Gasteiger partial charge in [0.2, 0.25) is 5.82 Å². The first-order valence-electron chi connectivity index (χ1n) is 6.54. The van der Waals surface area contributed by atoms with Crippen molar-refractivity contribution in [3.8, 4) is 0 Å². The average Bonchev–Trinajstić information content (AvgIpc) is 2.66. The summed E-state index contributed by atoms with van der Waals surface area (Å²) < 4.78 is 6.90. The first-order chi connectivity index (χ1) is 8.99. The molecule has 0 bridgehead atoms. The summed E-state index contributed by atoms with van der Waals surface area (Å²) in [7, 11) is 0. The number of hydrogen-bond acceptors (Lipinski definition) is 5. The van der Waals surface area contributed by atoms with Gasteiger partial charge in [-0.3, -0.25) is 10.1 Å². The van der Waals surface area contributed by atoms with E-state index >= 15 is 0 Å². The van der Waals surface area contributed by atoms with Gasteiger partial charge >= 0.3 is 5.69 Å². The van der Waals surface area contributed by atoms with E-state index in [0.717, 1.165) is 6.42 Å². The van der Waals surface area contributed by atoms with Gasteiger partial charge in [0, 0.05) is 25.8 Å². The molecular formula is C12H22N4O3. The van der Waals surface area contributed by atoms with Crippen molar-refractivity contribution in [3.05, 3.63) is 15.8 Å². The van der Waals surface area contributed by atoms with E-state index in [-0.39, 0.29) is 16.7 Å². The zero-order valence-electron chi connectivity index (χ0n) is 12.0. The number of aryl methyl sites for hydroxylation is 1. The fraction of sp³-hybridized carbons (Fsp3) is 0.750. The second-order valence-corrected chi connectivity index (χ2v) is 4.56. The Kier molecular flexibility index (Phi) is 5.75. The van der Waals surface area contributed by atoms with Crippen molar-refractivity contribution in [1.29, 1.82) is 0 Å². The molecule has 7 heteroatoms. The number of ether oxygens (including phenoxy) is 1. The molecule has 1 heterocycles. The molecule has 1 N–H and O–H groups in total. The van der Waals surface area contributed by atoms with Gasteiger partial charge < -0.3 is 10.1 Å². The lowest BCUT2D eigenvalue weighted by molar-refractivity contribution is -0.384. The largest absolute Gasteiger partial charge is 0.382 e.